The summed E-state index contributed by atoms with van der Waals surface area (Å²) in [5.74, 6) is 0.936. The lowest BCUT2D eigenvalue weighted by atomic mass is 9.83. The van der Waals surface area contributed by atoms with Crippen molar-refractivity contribution in [3.63, 3.8) is 0 Å². The predicted octanol–water partition coefficient (Wildman–Crippen LogP) is 2.97. The van der Waals surface area contributed by atoms with Crippen LogP contribution in [0.2, 0.25) is 0 Å². The number of likely N-dealkylation sites (tertiary alicyclic amines) is 2. The minimum Gasteiger partial charge on any atom is -0.493 e. The van der Waals surface area contributed by atoms with Gasteiger partial charge in [-0.2, -0.15) is 0 Å². The summed E-state index contributed by atoms with van der Waals surface area (Å²) in [6.07, 6.45) is 4.07. The number of ether oxygens (including phenoxy) is 1. The van der Waals surface area contributed by atoms with E-state index < -0.39 is 0 Å². The molecule has 148 valence electrons. The molecule has 2 aromatic rings. The molecule has 0 radical (unpaired) electrons. The van der Waals surface area contributed by atoms with E-state index >= 15 is 0 Å². The molecule has 0 saturated carbocycles. The topological polar surface area (TPSA) is 45.7 Å². The number of nitrogens with zero attached hydrogens (tertiary/aromatic N) is 3. The zero-order valence-corrected chi connectivity index (χ0v) is 16.2. The molecule has 2 aliphatic rings. The Morgan fingerprint density at radius 2 is 2.07 bits per heavy atom. The van der Waals surface area contributed by atoms with E-state index in [0.29, 0.717) is 24.7 Å². The SMILES string of the molecule is C[C@]12CN(Cc3cccnc3)C[C@H]1CN(C(=O)CCOc1ccc(F)cc1)C2. The standard InChI is InChI=1S/C22H26FN3O2/c1-22-15-25(12-17-3-2-9-24-11-17)13-18(22)14-26(16-22)21(27)8-10-28-20-6-4-19(23)5-7-20/h2-7,9,11,18H,8,10,12-16H2,1H3/t18-,22+/m0/s1. The lowest BCUT2D eigenvalue weighted by Crippen LogP contribution is -2.36. The van der Waals surface area contributed by atoms with Crippen LogP contribution in [0.25, 0.3) is 0 Å². The number of carbonyl (C=O) groups excluding carboxylic acids is 1. The average Bonchev–Trinajstić information content (AvgIpc) is 3.15. The normalized spacial score (nSPS) is 24.4. The van der Waals surface area contributed by atoms with Gasteiger partial charge in [0.05, 0.1) is 13.0 Å². The number of pyridine rings is 1. The van der Waals surface area contributed by atoms with E-state index in [0.717, 1.165) is 32.7 Å². The molecule has 6 heteroatoms. The number of carbonyl (C=O) groups is 1. The molecule has 1 amide bonds. The first-order valence-corrected chi connectivity index (χ1v) is 9.79. The lowest BCUT2D eigenvalue weighted by Gasteiger charge is -2.25. The zero-order valence-electron chi connectivity index (χ0n) is 16.2. The van der Waals surface area contributed by atoms with Crippen LogP contribution in [0, 0.1) is 17.2 Å². The molecule has 0 spiro atoms. The maximum atomic E-state index is 12.9. The second-order valence-electron chi connectivity index (χ2n) is 8.21. The van der Waals surface area contributed by atoms with Crippen molar-refractivity contribution >= 4 is 5.91 Å². The Kier molecular flexibility index (Phi) is 5.31. The van der Waals surface area contributed by atoms with Gasteiger partial charge in [-0.3, -0.25) is 14.7 Å². The lowest BCUT2D eigenvalue weighted by molar-refractivity contribution is -0.131. The Balaban J connectivity index is 1.25. The average molecular weight is 383 g/mol. The molecule has 28 heavy (non-hydrogen) atoms. The molecular formula is C22H26FN3O2. The molecule has 2 atom stereocenters. The van der Waals surface area contributed by atoms with Gasteiger partial charge in [0.15, 0.2) is 0 Å². The molecule has 1 aromatic carbocycles. The highest BCUT2D eigenvalue weighted by atomic mass is 19.1. The maximum Gasteiger partial charge on any atom is 0.226 e. The molecule has 0 aliphatic carbocycles. The van der Waals surface area contributed by atoms with Gasteiger partial charge in [-0.05, 0) is 41.8 Å². The molecule has 0 N–H and O–H groups in total. The van der Waals surface area contributed by atoms with Gasteiger partial charge in [0.1, 0.15) is 11.6 Å². The number of rotatable bonds is 6. The van der Waals surface area contributed by atoms with Gasteiger partial charge < -0.3 is 9.64 Å². The minimum absolute atomic E-state index is 0.136. The first-order valence-electron chi connectivity index (χ1n) is 9.79. The third kappa shape index (κ3) is 4.17. The number of amides is 1. The summed E-state index contributed by atoms with van der Waals surface area (Å²) < 4.78 is 18.5. The monoisotopic (exact) mass is 383 g/mol. The van der Waals surface area contributed by atoms with Gasteiger partial charge in [-0.25, -0.2) is 4.39 Å². The fourth-order valence-electron chi connectivity index (χ4n) is 4.47. The highest BCUT2D eigenvalue weighted by Crippen LogP contribution is 2.42. The van der Waals surface area contributed by atoms with E-state index in [2.05, 4.69) is 22.9 Å². The molecule has 3 heterocycles. The van der Waals surface area contributed by atoms with E-state index in [-0.39, 0.29) is 17.1 Å². The van der Waals surface area contributed by atoms with Crippen molar-refractivity contribution in [1.82, 2.24) is 14.8 Å². The fraction of sp³-hybridized carbons (Fsp3) is 0.455. The Hall–Kier alpha value is -2.47. The smallest absolute Gasteiger partial charge is 0.226 e. The first-order chi connectivity index (χ1) is 13.5. The Morgan fingerprint density at radius 3 is 2.79 bits per heavy atom. The second kappa shape index (κ2) is 7.87. The van der Waals surface area contributed by atoms with Crippen LogP contribution in [0.3, 0.4) is 0 Å². The quantitative estimate of drug-likeness (QED) is 0.769. The van der Waals surface area contributed by atoms with Crippen molar-refractivity contribution in [2.75, 3.05) is 32.8 Å². The van der Waals surface area contributed by atoms with Crippen molar-refractivity contribution in [3.05, 3.63) is 60.2 Å². The summed E-state index contributed by atoms with van der Waals surface area (Å²) in [6.45, 7) is 7.16. The van der Waals surface area contributed by atoms with Crippen LogP contribution >= 0.6 is 0 Å². The Morgan fingerprint density at radius 1 is 1.25 bits per heavy atom. The van der Waals surface area contributed by atoms with Crippen LogP contribution in [-0.4, -0.2) is 53.5 Å². The van der Waals surface area contributed by atoms with Crippen LogP contribution in [0.4, 0.5) is 4.39 Å². The number of halogens is 1. The van der Waals surface area contributed by atoms with E-state index in [9.17, 15) is 9.18 Å². The van der Waals surface area contributed by atoms with Gasteiger partial charge >= 0.3 is 0 Å². The Labute approximate surface area is 165 Å². The van der Waals surface area contributed by atoms with Crippen molar-refractivity contribution in [3.8, 4) is 5.75 Å². The van der Waals surface area contributed by atoms with Gasteiger partial charge in [0, 0.05) is 50.5 Å². The van der Waals surface area contributed by atoms with Gasteiger partial charge in [0.2, 0.25) is 5.91 Å². The van der Waals surface area contributed by atoms with Crippen LogP contribution in [0.5, 0.6) is 5.75 Å². The molecule has 5 nitrogen and oxygen atoms in total. The van der Waals surface area contributed by atoms with Crippen LogP contribution in [0.15, 0.2) is 48.8 Å². The minimum atomic E-state index is -0.294. The van der Waals surface area contributed by atoms with Gasteiger partial charge in [-0.1, -0.05) is 13.0 Å². The largest absolute Gasteiger partial charge is 0.493 e. The molecular weight excluding hydrogens is 357 g/mol. The molecule has 1 aromatic heterocycles. The summed E-state index contributed by atoms with van der Waals surface area (Å²) in [6, 6.07) is 9.96. The van der Waals surface area contributed by atoms with Crippen molar-refractivity contribution in [2.45, 2.75) is 19.9 Å². The molecule has 4 rings (SSSR count). The molecule has 2 aliphatic heterocycles. The van der Waals surface area contributed by atoms with E-state index in [1.54, 1.807) is 18.3 Å². The third-order valence-corrected chi connectivity index (χ3v) is 5.92. The number of hydrogen-bond acceptors (Lipinski definition) is 4. The number of fused-ring (bicyclic) bond motifs is 1. The maximum absolute atomic E-state index is 12.9. The fourth-order valence-corrected chi connectivity index (χ4v) is 4.47. The summed E-state index contributed by atoms with van der Waals surface area (Å²) in [5, 5.41) is 0. The zero-order chi connectivity index (χ0) is 19.6. The van der Waals surface area contributed by atoms with Crippen molar-refractivity contribution in [1.29, 1.82) is 0 Å². The molecule has 2 fully saturated rings. The molecule has 2 saturated heterocycles. The van der Waals surface area contributed by atoms with Crippen molar-refractivity contribution in [2.24, 2.45) is 11.3 Å². The number of hydrogen-bond donors (Lipinski definition) is 0. The van der Waals surface area contributed by atoms with E-state index in [1.807, 2.05) is 17.2 Å². The first kappa shape index (κ1) is 18.9. The summed E-state index contributed by atoms with van der Waals surface area (Å²) in [7, 11) is 0. The second-order valence-corrected chi connectivity index (χ2v) is 8.21. The predicted molar refractivity (Wildman–Crippen MR) is 104 cm³/mol. The summed E-state index contributed by atoms with van der Waals surface area (Å²) >= 11 is 0. The summed E-state index contributed by atoms with van der Waals surface area (Å²) in [5.41, 5.74) is 1.38. The van der Waals surface area contributed by atoms with E-state index in [4.69, 9.17) is 4.74 Å². The molecule has 0 bridgehead atoms. The van der Waals surface area contributed by atoms with Gasteiger partial charge in [-0.15, -0.1) is 0 Å². The van der Waals surface area contributed by atoms with Crippen LogP contribution in [0.1, 0.15) is 18.9 Å². The summed E-state index contributed by atoms with van der Waals surface area (Å²) in [4.78, 5) is 21.3. The van der Waals surface area contributed by atoms with Crippen LogP contribution in [-0.2, 0) is 11.3 Å². The van der Waals surface area contributed by atoms with Crippen molar-refractivity contribution < 1.29 is 13.9 Å². The van der Waals surface area contributed by atoms with E-state index in [1.165, 1.54) is 17.7 Å². The Bertz CT molecular complexity index is 814. The van der Waals surface area contributed by atoms with Gasteiger partial charge in [0.25, 0.3) is 0 Å². The highest BCUT2D eigenvalue weighted by Gasteiger charge is 2.49. The molecule has 0 unspecified atom stereocenters. The third-order valence-electron chi connectivity index (χ3n) is 5.92. The number of benzene rings is 1. The number of aromatic nitrogens is 1. The highest BCUT2D eigenvalue weighted by molar-refractivity contribution is 5.76. The van der Waals surface area contributed by atoms with Crippen LogP contribution < -0.4 is 4.74 Å².